The number of Topliss-reactive ketones (excluding diaryl/α,β-unsaturated/α-hetero) is 1. The number of carbonyl (C=O) groups excluding carboxylic acids is 2. The van der Waals surface area contributed by atoms with Gasteiger partial charge in [0.15, 0.2) is 5.78 Å². The van der Waals surface area contributed by atoms with Gasteiger partial charge in [0.1, 0.15) is 4.60 Å². The fraction of sp³-hybridized carbons (Fsp3) is 0.529. The molecule has 1 unspecified atom stereocenters. The number of amides is 1. The molecule has 1 N–H and O–H groups in total. The van der Waals surface area contributed by atoms with Gasteiger partial charge in [0.25, 0.3) is 6.09 Å². The van der Waals surface area contributed by atoms with Crippen molar-refractivity contribution >= 4 is 33.8 Å². The van der Waals surface area contributed by atoms with Crippen molar-refractivity contribution in [2.45, 2.75) is 51.1 Å². The lowest BCUT2D eigenvalue weighted by Gasteiger charge is -2.53. The van der Waals surface area contributed by atoms with Crippen molar-refractivity contribution in [3.8, 4) is 0 Å². The topological polar surface area (TPSA) is 107 Å². The fourth-order valence-corrected chi connectivity index (χ4v) is 4.24. The predicted molar refractivity (Wildman–Crippen MR) is 90.8 cm³/mol. The molecule has 0 saturated carbocycles. The molecule has 1 amide bonds. The van der Waals surface area contributed by atoms with Crippen LogP contribution >= 0.6 is 15.9 Å². The maximum absolute atomic E-state index is 12.7. The van der Waals surface area contributed by atoms with Crippen LogP contribution in [-0.4, -0.2) is 50.0 Å². The third-order valence-electron chi connectivity index (χ3n) is 5.17. The summed E-state index contributed by atoms with van der Waals surface area (Å²) >= 11 is 3.17. The average Bonchev–Trinajstić information content (AvgIpc) is 2.89. The number of pyridine rings is 1. The zero-order chi connectivity index (χ0) is 19.0. The summed E-state index contributed by atoms with van der Waals surface area (Å²) in [5.41, 5.74) is -2.45. The summed E-state index contributed by atoms with van der Waals surface area (Å²) in [6.07, 6.45) is -0.0418. The van der Waals surface area contributed by atoms with Crippen molar-refractivity contribution in [1.82, 2.24) is 4.98 Å². The normalized spacial score (nSPS) is 26.4. The Morgan fingerprint density at radius 1 is 1.36 bits per heavy atom. The molecule has 2 atom stereocenters. The van der Waals surface area contributed by atoms with E-state index in [1.54, 1.807) is 26.8 Å². The number of hydrogen-bond acceptors (Lipinski definition) is 5. The number of ketones is 1. The molecule has 2 heterocycles. The number of aromatic nitrogens is 1. The molecule has 0 radical (unpaired) electrons. The second-order valence-corrected chi connectivity index (χ2v) is 8.19. The smallest absolute Gasteiger partial charge is 0.366 e. The molecule has 1 saturated heterocycles. The Morgan fingerprint density at radius 3 is 2.44 bits per heavy atom. The highest BCUT2D eigenvalue weighted by Gasteiger charge is 2.67. The Balaban J connectivity index is 2.54. The maximum atomic E-state index is 12.7. The van der Waals surface area contributed by atoms with Gasteiger partial charge in [-0.15, -0.1) is 0 Å². The van der Waals surface area contributed by atoms with Crippen molar-refractivity contribution in [2.75, 3.05) is 6.54 Å². The number of quaternary nitrogens is 1. The van der Waals surface area contributed by atoms with Crippen LogP contribution in [0.1, 0.15) is 50.4 Å². The summed E-state index contributed by atoms with van der Waals surface area (Å²) in [4.78, 5) is 41.0. The third kappa shape index (κ3) is 2.97. The predicted octanol–water partition coefficient (Wildman–Crippen LogP) is 1.99. The van der Waals surface area contributed by atoms with Gasteiger partial charge in [-0.3, -0.25) is 9.28 Å². The standard InChI is InChI=1S/C17H21BrN2O5/c1-16(2,3)20(15(24)25)8-4-7-17(20,14(22)23)9-12(21)11-5-6-13(18)19-10-11/h5-6,10H,4,7-9H2,1-3H3,(H-,22,23,24,25)/t17-,20?/m0/s1. The average molecular weight is 413 g/mol. The number of halogens is 1. The highest BCUT2D eigenvalue weighted by Crippen LogP contribution is 2.47. The molecule has 7 nitrogen and oxygen atoms in total. The van der Waals surface area contributed by atoms with E-state index in [4.69, 9.17) is 0 Å². The first-order valence-electron chi connectivity index (χ1n) is 7.96. The Hall–Kier alpha value is -1.80. The lowest BCUT2D eigenvalue weighted by atomic mass is 9.82. The molecule has 2 rings (SSSR count). The zero-order valence-corrected chi connectivity index (χ0v) is 16.0. The molecule has 8 heteroatoms. The zero-order valence-electron chi connectivity index (χ0n) is 14.4. The van der Waals surface area contributed by atoms with Crippen LogP contribution in [0.4, 0.5) is 4.79 Å². The lowest BCUT2D eigenvalue weighted by molar-refractivity contribution is -0.944. The number of likely N-dealkylation sites (tertiary alicyclic amines) is 1. The van der Waals surface area contributed by atoms with E-state index in [0.29, 0.717) is 11.0 Å². The van der Waals surface area contributed by atoms with Crippen molar-refractivity contribution < 1.29 is 29.1 Å². The highest BCUT2D eigenvalue weighted by molar-refractivity contribution is 9.10. The number of carboxylic acids is 1. The van der Waals surface area contributed by atoms with Gasteiger partial charge in [-0.2, -0.15) is 0 Å². The van der Waals surface area contributed by atoms with E-state index in [9.17, 15) is 24.6 Å². The van der Waals surface area contributed by atoms with Crippen molar-refractivity contribution in [2.24, 2.45) is 0 Å². The minimum absolute atomic E-state index is 0.100. The fourth-order valence-electron chi connectivity index (χ4n) is 4.01. The summed E-state index contributed by atoms with van der Waals surface area (Å²) in [6, 6.07) is 3.12. The largest absolute Gasteiger partial charge is 0.498 e. The van der Waals surface area contributed by atoms with Crippen molar-refractivity contribution in [3.63, 3.8) is 0 Å². The number of rotatable bonds is 4. The molecular weight excluding hydrogens is 392 g/mol. The minimum atomic E-state index is -1.76. The number of carboxylic acid groups (broad SMARTS) is 2. The Morgan fingerprint density at radius 2 is 2.00 bits per heavy atom. The maximum Gasteiger partial charge on any atom is 0.366 e. The number of nitrogens with zero attached hydrogens (tertiary/aromatic N) is 2. The Kier molecular flexibility index (Phi) is 5.07. The van der Waals surface area contributed by atoms with Crippen LogP contribution in [0.25, 0.3) is 0 Å². The molecule has 1 aromatic heterocycles. The van der Waals surface area contributed by atoms with Crippen LogP contribution in [0.5, 0.6) is 0 Å². The van der Waals surface area contributed by atoms with Gasteiger partial charge >= 0.3 is 5.97 Å². The molecule has 0 aromatic carbocycles. The molecule has 1 aromatic rings. The third-order valence-corrected chi connectivity index (χ3v) is 5.64. The Bertz CT molecular complexity index is 713. The van der Waals surface area contributed by atoms with Gasteiger partial charge in [-0.05, 0) is 48.8 Å². The van der Waals surface area contributed by atoms with Crippen LogP contribution < -0.4 is 5.11 Å². The van der Waals surface area contributed by atoms with E-state index < -0.39 is 39.8 Å². The van der Waals surface area contributed by atoms with Gasteiger partial charge in [0, 0.05) is 24.6 Å². The number of aliphatic carboxylic acids is 1. The van der Waals surface area contributed by atoms with E-state index in [2.05, 4.69) is 20.9 Å². The molecule has 136 valence electrons. The molecule has 0 aliphatic carbocycles. The van der Waals surface area contributed by atoms with E-state index >= 15 is 0 Å². The second-order valence-electron chi connectivity index (χ2n) is 7.38. The SMILES string of the molecule is CC(C)(C)[N+]1(C(=O)[O-])CCC[C@]1(CC(=O)c1ccc(Br)nc1)C(=O)O. The molecule has 0 bridgehead atoms. The first kappa shape index (κ1) is 19.5. The monoisotopic (exact) mass is 412 g/mol. The van der Waals surface area contributed by atoms with Gasteiger partial charge < -0.3 is 15.0 Å². The van der Waals surface area contributed by atoms with Crippen molar-refractivity contribution in [3.05, 3.63) is 28.5 Å². The summed E-state index contributed by atoms with van der Waals surface area (Å²) in [7, 11) is 0. The van der Waals surface area contributed by atoms with Crippen LogP contribution in [0.3, 0.4) is 0 Å². The quantitative estimate of drug-likeness (QED) is 0.460. The number of carbonyl (C=O) groups is 3. The van der Waals surface area contributed by atoms with Gasteiger partial charge in [0.05, 0.1) is 18.5 Å². The lowest BCUT2D eigenvalue weighted by Crippen LogP contribution is -2.77. The molecular formula is C17H21BrN2O5. The molecule has 1 fully saturated rings. The van der Waals surface area contributed by atoms with Crippen molar-refractivity contribution in [1.29, 1.82) is 0 Å². The van der Waals surface area contributed by atoms with Gasteiger partial charge in [-0.25, -0.2) is 9.78 Å². The summed E-state index contributed by atoms with van der Waals surface area (Å²) in [5, 5.41) is 22.1. The highest BCUT2D eigenvalue weighted by atomic mass is 79.9. The van der Waals surface area contributed by atoms with E-state index in [1.807, 2.05) is 0 Å². The molecule has 0 spiro atoms. The minimum Gasteiger partial charge on any atom is -0.498 e. The second kappa shape index (κ2) is 6.49. The molecule has 25 heavy (non-hydrogen) atoms. The van der Waals surface area contributed by atoms with Crippen LogP contribution in [0.15, 0.2) is 22.9 Å². The van der Waals surface area contributed by atoms with Gasteiger partial charge in [-0.1, -0.05) is 0 Å². The van der Waals surface area contributed by atoms with E-state index in [0.717, 1.165) is 0 Å². The summed E-state index contributed by atoms with van der Waals surface area (Å²) in [5.74, 6) is -1.74. The van der Waals surface area contributed by atoms with Crippen LogP contribution in [-0.2, 0) is 4.79 Å². The summed E-state index contributed by atoms with van der Waals surface area (Å²) < 4.78 is -0.224. The van der Waals surface area contributed by atoms with E-state index in [1.165, 1.54) is 12.3 Å². The number of hydrogen-bond donors (Lipinski definition) is 1. The molecule has 1 aliphatic rings. The Labute approximate surface area is 154 Å². The van der Waals surface area contributed by atoms with Gasteiger partial charge in [0.2, 0.25) is 5.54 Å². The van der Waals surface area contributed by atoms with Crippen LogP contribution in [0, 0.1) is 0 Å². The van der Waals surface area contributed by atoms with E-state index in [-0.39, 0.29) is 18.5 Å². The first-order valence-corrected chi connectivity index (χ1v) is 8.75. The molecule has 1 aliphatic heterocycles. The summed E-state index contributed by atoms with van der Waals surface area (Å²) in [6.45, 7) is 5.11. The van der Waals surface area contributed by atoms with Crippen LogP contribution in [0.2, 0.25) is 0 Å². The first-order chi connectivity index (χ1) is 11.5.